The molecule has 0 aliphatic carbocycles. The maximum atomic E-state index is 12.8. The average Bonchev–Trinajstić information content (AvgIpc) is 3.63. The topological polar surface area (TPSA) is 117 Å². The van der Waals surface area contributed by atoms with E-state index in [1.54, 1.807) is 79.3 Å². The normalized spacial score (nSPS) is 11.7. The van der Waals surface area contributed by atoms with E-state index in [1.807, 2.05) is 0 Å². The van der Waals surface area contributed by atoms with Gasteiger partial charge >= 0.3 is 5.97 Å². The highest BCUT2D eigenvalue weighted by molar-refractivity contribution is 5.99. The SMILES string of the molecule is COc1ccccc1NC(=O)C(C)OC(=O)c1ccc2nc(-c3ccco3)c(-c3ccco3)nc2c1. The summed E-state index contributed by atoms with van der Waals surface area (Å²) in [4.78, 5) is 34.8. The van der Waals surface area contributed by atoms with Gasteiger partial charge in [0.05, 0.1) is 41.9 Å². The van der Waals surface area contributed by atoms with Crippen molar-refractivity contribution in [3.63, 3.8) is 0 Å². The summed E-state index contributed by atoms with van der Waals surface area (Å²) in [5, 5.41) is 2.71. The molecule has 5 aromatic rings. The molecule has 180 valence electrons. The number of nitrogens with one attached hydrogen (secondary N) is 1. The van der Waals surface area contributed by atoms with Gasteiger partial charge in [0.2, 0.25) is 0 Å². The Morgan fingerprint density at radius 2 is 1.53 bits per heavy atom. The van der Waals surface area contributed by atoms with Gasteiger partial charge in [0.25, 0.3) is 5.91 Å². The number of para-hydroxylation sites is 2. The van der Waals surface area contributed by atoms with Crippen LogP contribution in [0.1, 0.15) is 17.3 Å². The molecule has 1 unspecified atom stereocenters. The van der Waals surface area contributed by atoms with Crippen molar-refractivity contribution >= 4 is 28.6 Å². The van der Waals surface area contributed by atoms with Gasteiger partial charge in [-0.15, -0.1) is 0 Å². The number of ether oxygens (including phenoxy) is 2. The van der Waals surface area contributed by atoms with E-state index in [2.05, 4.69) is 15.3 Å². The summed E-state index contributed by atoms with van der Waals surface area (Å²) < 4.78 is 21.7. The zero-order valence-electron chi connectivity index (χ0n) is 19.4. The highest BCUT2D eigenvalue weighted by atomic mass is 16.5. The zero-order chi connectivity index (χ0) is 25.1. The summed E-state index contributed by atoms with van der Waals surface area (Å²) in [5.74, 6) is 0.381. The Hall–Kier alpha value is -4.92. The molecule has 2 aromatic carbocycles. The summed E-state index contributed by atoms with van der Waals surface area (Å²) in [7, 11) is 1.51. The number of fused-ring (bicyclic) bond motifs is 1. The quantitative estimate of drug-likeness (QED) is 0.308. The Labute approximate surface area is 205 Å². The van der Waals surface area contributed by atoms with Gasteiger partial charge in [0.15, 0.2) is 17.6 Å². The van der Waals surface area contributed by atoms with Crippen LogP contribution in [0, 0.1) is 0 Å². The third-order valence-corrected chi connectivity index (χ3v) is 5.43. The van der Waals surface area contributed by atoms with Gasteiger partial charge in [-0.25, -0.2) is 14.8 Å². The molecule has 0 bridgehead atoms. The van der Waals surface area contributed by atoms with Crippen LogP contribution >= 0.6 is 0 Å². The Kier molecular flexibility index (Phi) is 6.19. The molecular weight excluding hydrogens is 462 g/mol. The summed E-state index contributed by atoms with van der Waals surface area (Å²) >= 11 is 0. The van der Waals surface area contributed by atoms with E-state index >= 15 is 0 Å². The minimum absolute atomic E-state index is 0.227. The van der Waals surface area contributed by atoms with Crippen molar-refractivity contribution in [2.45, 2.75) is 13.0 Å². The number of nitrogens with zero attached hydrogens (tertiary/aromatic N) is 2. The molecule has 5 rings (SSSR count). The van der Waals surface area contributed by atoms with Gasteiger partial charge in [0, 0.05) is 0 Å². The molecule has 0 aliphatic heterocycles. The highest BCUT2D eigenvalue weighted by Gasteiger charge is 2.22. The van der Waals surface area contributed by atoms with Crippen molar-refractivity contribution in [3.8, 4) is 28.7 Å². The van der Waals surface area contributed by atoms with E-state index in [4.69, 9.17) is 18.3 Å². The number of amides is 1. The van der Waals surface area contributed by atoms with E-state index in [0.717, 1.165) is 0 Å². The number of hydrogen-bond donors (Lipinski definition) is 1. The van der Waals surface area contributed by atoms with E-state index in [9.17, 15) is 9.59 Å². The molecular formula is C27H21N3O6. The molecule has 0 saturated carbocycles. The van der Waals surface area contributed by atoms with Crippen LogP contribution in [-0.4, -0.2) is 35.1 Å². The number of furan rings is 2. The predicted octanol–water partition coefficient (Wildman–Crippen LogP) is 5.34. The maximum Gasteiger partial charge on any atom is 0.338 e. The second-order valence-corrected chi connectivity index (χ2v) is 7.82. The lowest BCUT2D eigenvalue weighted by atomic mass is 10.1. The van der Waals surface area contributed by atoms with Crippen LogP contribution < -0.4 is 10.1 Å². The minimum Gasteiger partial charge on any atom is -0.495 e. The molecule has 9 heteroatoms. The predicted molar refractivity (Wildman–Crippen MR) is 131 cm³/mol. The number of anilines is 1. The van der Waals surface area contributed by atoms with E-state index in [1.165, 1.54) is 14.0 Å². The summed E-state index contributed by atoms with van der Waals surface area (Å²) in [6.07, 6.45) is 2.04. The van der Waals surface area contributed by atoms with Gasteiger partial charge in [-0.2, -0.15) is 0 Å². The van der Waals surface area contributed by atoms with Crippen molar-refractivity contribution < 1.29 is 27.9 Å². The third kappa shape index (κ3) is 4.54. The van der Waals surface area contributed by atoms with E-state index in [0.29, 0.717) is 45.4 Å². The first-order valence-electron chi connectivity index (χ1n) is 11.1. The molecule has 36 heavy (non-hydrogen) atoms. The standard InChI is InChI=1S/C27H21N3O6/c1-16(26(31)30-19-7-3-4-8-21(19)33-2)36-27(32)17-11-12-18-20(15-17)29-25(23-10-6-14-35-23)24(28-18)22-9-5-13-34-22/h3-16H,1-2H3,(H,30,31). The lowest BCUT2D eigenvalue weighted by molar-refractivity contribution is -0.123. The number of hydrogen-bond acceptors (Lipinski definition) is 8. The van der Waals surface area contributed by atoms with Crippen LogP contribution in [0.15, 0.2) is 88.1 Å². The molecule has 1 atom stereocenters. The Balaban J connectivity index is 1.39. The monoisotopic (exact) mass is 483 g/mol. The number of methoxy groups -OCH3 is 1. The zero-order valence-corrected chi connectivity index (χ0v) is 19.4. The van der Waals surface area contributed by atoms with E-state index in [-0.39, 0.29) is 5.56 Å². The van der Waals surface area contributed by atoms with E-state index < -0.39 is 18.0 Å². The molecule has 0 radical (unpaired) electrons. The van der Waals surface area contributed by atoms with Crippen molar-refractivity contribution in [2.24, 2.45) is 0 Å². The number of benzene rings is 2. The summed E-state index contributed by atoms with van der Waals surface area (Å²) in [5.41, 5.74) is 2.70. The number of carbonyl (C=O) groups is 2. The minimum atomic E-state index is -1.05. The fourth-order valence-electron chi connectivity index (χ4n) is 3.62. The first kappa shape index (κ1) is 22.9. The third-order valence-electron chi connectivity index (χ3n) is 5.43. The fourth-order valence-corrected chi connectivity index (χ4v) is 3.62. The summed E-state index contributed by atoms with van der Waals surface area (Å²) in [6.45, 7) is 1.49. The molecule has 0 fully saturated rings. The first-order chi connectivity index (χ1) is 17.5. The van der Waals surface area contributed by atoms with Gasteiger partial charge < -0.3 is 23.6 Å². The van der Waals surface area contributed by atoms with Crippen molar-refractivity contribution in [2.75, 3.05) is 12.4 Å². The Morgan fingerprint density at radius 3 is 2.17 bits per heavy atom. The molecule has 1 N–H and O–H groups in total. The molecule has 9 nitrogen and oxygen atoms in total. The molecule has 1 amide bonds. The Bertz CT molecular complexity index is 1530. The second-order valence-electron chi connectivity index (χ2n) is 7.82. The van der Waals surface area contributed by atoms with Crippen molar-refractivity contribution in [1.82, 2.24) is 9.97 Å². The lowest BCUT2D eigenvalue weighted by Gasteiger charge is -2.15. The van der Waals surface area contributed by atoms with Crippen LogP contribution in [0.4, 0.5) is 5.69 Å². The number of esters is 1. The number of rotatable bonds is 7. The summed E-state index contributed by atoms with van der Waals surface area (Å²) in [6, 6.07) is 18.8. The maximum absolute atomic E-state index is 12.8. The number of carbonyl (C=O) groups excluding carboxylic acids is 2. The molecule has 3 aromatic heterocycles. The smallest absolute Gasteiger partial charge is 0.338 e. The highest BCUT2D eigenvalue weighted by Crippen LogP contribution is 2.32. The lowest BCUT2D eigenvalue weighted by Crippen LogP contribution is -2.30. The van der Waals surface area contributed by atoms with Crippen LogP contribution in [0.25, 0.3) is 33.9 Å². The average molecular weight is 483 g/mol. The largest absolute Gasteiger partial charge is 0.495 e. The molecule has 0 saturated heterocycles. The van der Waals surface area contributed by atoms with Crippen LogP contribution in [0.2, 0.25) is 0 Å². The number of aromatic nitrogens is 2. The van der Waals surface area contributed by atoms with Gasteiger partial charge in [-0.3, -0.25) is 4.79 Å². The van der Waals surface area contributed by atoms with Gasteiger partial charge in [-0.1, -0.05) is 12.1 Å². The van der Waals surface area contributed by atoms with Crippen LogP contribution in [0.3, 0.4) is 0 Å². The van der Waals surface area contributed by atoms with Crippen molar-refractivity contribution in [3.05, 3.63) is 84.8 Å². The molecule has 0 spiro atoms. The Morgan fingerprint density at radius 1 is 0.861 bits per heavy atom. The fraction of sp³-hybridized carbons (Fsp3) is 0.111. The van der Waals surface area contributed by atoms with Gasteiger partial charge in [0.1, 0.15) is 17.1 Å². The van der Waals surface area contributed by atoms with Crippen molar-refractivity contribution in [1.29, 1.82) is 0 Å². The van der Waals surface area contributed by atoms with Crippen LogP contribution in [0.5, 0.6) is 5.75 Å². The second kappa shape index (κ2) is 9.75. The van der Waals surface area contributed by atoms with Crippen LogP contribution in [-0.2, 0) is 9.53 Å². The first-order valence-corrected chi connectivity index (χ1v) is 11.1. The molecule has 3 heterocycles. The molecule has 0 aliphatic rings. The van der Waals surface area contributed by atoms with Gasteiger partial charge in [-0.05, 0) is 61.5 Å².